The van der Waals surface area contributed by atoms with E-state index >= 15 is 0 Å². The van der Waals surface area contributed by atoms with Gasteiger partial charge in [0.05, 0.1) is 12.7 Å². The fourth-order valence-electron chi connectivity index (χ4n) is 0.322. The van der Waals surface area contributed by atoms with Crippen LogP contribution in [0.3, 0.4) is 0 Å². The molecule has 0 fully saturated rings. The highest BCUT2D eigenvalue weighted by molar-refractivity contribution is 8.76. The normalized spacial score (nSPS) is 13.5. The minimum Gasteiger partial charge on any atom is -0.394 e. The van der Waals surface area contributed by atoms with Gasteiger partial charge in [-0.2, -0.15) is 0 Å². The fraction of sp³-hybridized carbons (Fsp3) is 1.00. The van der Waals surface area contributed by atoms with Crippen molar-refractivity contribution in [3.63, 3.8) is 0 Å². The van der Waals surface area contributed by atoms with Crippen molar-refractivity contribution < 1.29 is 10.2 Å². The van der Waals surface area contributed by atoms with Crippen molar-refractivity contribution in [2.45, 2.75) is 19.4 Å². The van der Waals surface area contributed by atoms with Crippen LogP contribution in [0.15, 0.2) is 0 Å². The largest absolute Gasteiger partial charge is 0.394 e. The topological polar surface area (TPSA) is 40.5 Å². The van der Waals surface area contributed by atoms with Crippen molar-refractivity contribution >= 4 is 21.6 Å². The Morgan fingerprint density at radius 2 is 2.10 bits per heavy atom. The molecule has 0 heterocycles. The van der Waals surface area contributed by atoms with Gasteiger partial charge in [-0.3, -0.25) is 0 Å². The van der Waals surface area contributed by atoms with Crippen molar-refractivity contribution in [1.82, 2.24) is 0 Å². The summed E-state index contributed by atoms with van der Waals surface area (Å²) in [6.45, 7) is 2.00. The van der Waals surface area contributed by atoms with Crippen LogP contribution in [0.25, 0.3) is 0 Å². The van der Waals surface area contributed by atoms with Gasteiger partial charge in [0.2, 0.25) is 0 Å². The van der Waals surface area contributed by atoms with E-state index in [1.54, 1.807) is 21.6 Å². The Morgan fingerprint density at radius 1 is 1.40 bits per heavy atom. The zero-order valence-electron chi connectivity index (χ0n) is 6.12. The smallest absolute Gasteiger partial charge is 0.0869 e. The number of aliphatic hydroxyl groups excluding tert-OH is 2. The molecule has 1 atom stereocenters. The van der Waals surface area contributed by atoms with Crippen molar-refractivity contribution in [3.05, 3.63) is 0 Å². The summed E-state index contributed by atoms with van der Waals surface area (Å²) >= 11 is 0. The van der Waals surface area contributed by atoms with Crippen LogP contribution in [0.1, 0.15) is 13.3 Å². The van der Waals surface area contributed by atoms with Gasteiger partial charge in [0, 0.05) is 11.5 Å². The molecule has 4 heteroatoms. The molecular weight excluding hydrogens is 168 g/mol. The third-order valence-electron chi connectivity index (χ3n) is 0.842. The molecule has 0 amide bonds. The summed E-state index contributed by atoms with van der Waals surface area (Å²) in [5, 5.41) is 17.3. The van der Waals surface area contributed by atoms with Crippen molar-refractivity contribution in [1.29, 1.82) is 0 Å². The lowest BCUT2D eigenvalue weighted by atomic mass is 10.4. The summed E-state index contributed by atoms with van der Waals surface area (Å²) in [7, 11) is 3.36. The second-order valence-corrected chi connectivity index (χ2v) is 4.57. The van der Waals surface area contributed by atoms with Crippen molar-refractivity contribution in [3.8, 4) is 0 Å². The molecule has 0 aromatic carbocycles. The molecule has 1 unspecified atom stereocenters. The molecule has 2 nitrogen and oxygen atoms in total. The molecular formula is C6H14O2S2. The van der Waals surface area contributed by atoms with Crippen LogP contribution in [0.5, 0.6) is 0 Å². The maximum Gasteiger partial charge on any atom is 0.0869 e. The Balaban J connectivity index is 2.89. The van der Waals surface area contributed by atoms with Gasteiger partial charge in [-0.25, -0.2) is 0 Å². The fourth-order valence-corrected chi connectivity index (χ4v) is 2.58. The van der Waals surface area contributed by atoms with Crippen LogP contribution in [-0.4, -0.2) is 34.4 Å². The predicted octanol–water partition coefficient (Wildman–Crippen LogP) is 1.13. The molecule has 62 valence electrons. The van der Waals surface area contributed by atoms with E-state index in [-0.39, 0.29) is 6.61 Å². The molecule has 0 aliphatic rings. The summed E-state index contributed by atoms with van der Waals surface area (Å²) in [5.41, 5.74) is 0. The Labute approximate surface area is 69.8 Å². The third-order valence-corrected chi connectivity index (χ3v) is 3.51. The highest BCUT2D eigenvalue weighted by atomic mass is 33.1. The molecule has 0 aliphatic carbocycles. The Hall–Kier alpha value is 0.620. The van der Waals surface area contributed by atoms with Crippen LogP contribution in [0, 0.1) is 0 Å². The van der Waals surface area contributed by atoms with E-state index in [2.05, 4.69) is 6.92 Å². The van der Waals surface area contributed by atoms with Crippen LogP contribution in [0.2, 0.25) is 0 Å². The van der Waals surface area contributed by atoms with Crippen LogP contribution < -0.4 is 0 Å². The molecule has 0 rings (SSSR count). The first kappa shape index (κ1) is 10.6. The molecule has 0 aliphatic heterocycles. The van der Waals surface area contributed by atoms with E-state index < -0.39 is 6.10 Å². The molecule has 2 N–H and O–H groups in total. The van der Waals surface area contributed by atoms with E-state index in [4.69, 9.17) is 10.2 Å². The lowest BCUT2D eigenvalue weighted by Gasteiger charge is -2.04. The summed E-state index contributed by atoms with van der Waals surface area (Å²) in [6, 6.07) is 0. The van der Waals surface area contributed by atoms with Gasteiger partial charge < -0.3 is 10.2 Å². The summed E-state index contributed by atoms with van der Waals surface area (Å²) in [5.74, 6) is 1.74. The van der Waals surface area contributed by atoms with Gasteiger partial charge in [0.25, 0.3) is 0 Å². The van der Waals surface area contributed by atoms with E-state index in [0.29, 0.717) is 5.75 Å². The highest BCUT2D eigenvalue weighted by Crippen LogP contribution is 2.22. The highest BCUT2D eigenvalue weighted by Gasteiger charge is 2.00. The third kappa shape index (κ3) is 6.74. The van der Waals surface area contributed by atoms with Gasteiger partial charge >= 0.3 is 0 Å². The van der Waals surface area contributed by atoms with Crippen molar-refractivity contribution in [2.75, 3.05) is 18.1 Å². The minimum atomic E-state index is -0.547. The quantitative estimate of drug-likeness (QED) is 0.477. The number of aliphatic hydroxyl groups is 2. The molecule has 0 radical (unpaired) electrons. The van der Waals surface area contributed by atoms with Crippen LogP contribution in [-0.2, 0) is 0 Å². The van der Waals surface area contributed by atoms with E-state index in [0.717, 1.165) is 12.2 Å². The maximum absolute atomic E-state index is 8.87. The Morgan fingerprint density at radius 3 is 2.60 bits per heavy atom. The second-order valence-electron chi connectivity index (χ2n) is 1.94. The van der Waals surface area contributed by atoms with Gasteiger partial charge in [-0.15, -0.1) is 0 Å². The average Bonchev–Trinajstić information content (AvgIpc) is 1.98. The molecule has 0 aromatic heterocycles. The first-order valence-corrected chi connectivity index (χ1v) is 5.83. The number of hydrogen-bond acceptors (Lipinski definition) is 4. The lowest BCUT2D eigenvalue weighted by molar-refractivity contribution is 0.114. The molecule has 0 saturated heterocycles. The first-order chi connectivity index (χ1) is 4.81. The van der Waals surface area contributed by atoms with Crippen LogP contribution >= 0.6 is 21.6 Å². The van der Waals surface area contributed by atoms with E-state index in [1.807, 2.05) is 0 Å². The Bertz CT molecular complexity index is 70.8. The summed E-state index contributed by atoms with van der Waals surface area (Å²) in [4.78, 5) is 0. The molecule has 0 bridgehead atoms. The monoisotopic (exact) mass is 182 g/mol. The second kappa shape index (κ2) is 7.72. The van der Waals surface area contributed by atoms with Gasteiger partial charge in [-0.1, -0.05) is 28.5 Å². The molecule has 0 spiro atoms. The van der Waals surface area contributed by atoms with E-state index in [9.17, 15) is 0 Å². The van der Waals surface area contributed by atoms with Gasteiger partial charge in [0.15, 0.2) is 0 Å². The minimum absolute atomic E-state index is 0.125. The van der Waals surface area contributed by atoms with Crippen LogP contribution in [0.4, 0.5) is 0 Å². The number of rotatable bonds is 6. The number of hydrogen-bond donors (Lipinski definition) is 2. The predicted molar refractivity (Wildman–Crippen MR) is 48.3 cm³/mol. The standard InChI is InChI=1S/C6H14O2S2/c1-2-3-9-10-5-6(8)4-7/h6-8H,2-5H2,1H3. The molecule has 0 saturated carbocycles. The lowest BCUT2D eigenvalue weighted by Crippen LogP contribution is -2.13. The van der Waals surface area contributed by atoms with Crippen molar-refractivity contribution in [2.24, 2.45) is 0 Å². The zero-order chi connectivity index (χ0) is 7.82. The molecule has 0 aromatic rings. The zero-order valence-corrected chi connectivity index (χ0v) is 7.75. The summed E-state index contributed by atoms with van der Waals surface area (Å²) < 4.78 is 0. The van der Waals surface area contributed by atoms with Gasteiger partial charge in [-0.05, 0) is 6.42 Å². The Kier molecular flexibility index (Phi) is 8.20. The molecule has 10 heavy (non-hydrogen) atoms. The average molecular weight is 182 g/mol. The first-order valence-electron chi connectivity index (χ1n) is 3.34. The van der Waals surface area contributed by atoms with Gasteiger partial charge in [0.1, 0.15) is 0 Å². The maximum atomic E-state index is 8.87. The van der Waals surface area contributed by atoms with E-state index in [1.165, 1.54) is 0 Å². The summed E-state index contributed by atoms with van der Waals surface area (Å²) in [6.07, 6.45) is 0.613. The SMILES string of the molecule is CCCSSCC(O)CO.